The molecule has 1 N–H and O–H groups in total. The Morgan fingerprint density at radius 3 is 2.24 bits per heavy atom. The Morgan fingerprint density at radius 1 is 1.24 bits per heavy atom. The van der Waals surface area contributed by atoms with Crippen LogP contribution in [0.3, 0.4) is 0 Å². The molecule has 0 bridgehead atoms. The van der Waals surface area contributed by atoms with Gasteiger partial charge in [-0.2, -0.15) is 0 Å². The first-order chi connectivity index (χ1) is 8.01. The maximum atomic E-state index is 9.00. The highest BCUT2D eigenvalue weighted by atomic mass is 17.1. The van der Waals surface area contributed by atoms with E-state index in [1.807, 2.05) is 45.0 Å². The summed E-state index contributed by atoms with van der Waals surface area (Å²) in [4.78, 5) is 4.64. The molecule has 96 valence electrons. The van der Waals surface area contributed by atoms with Crippen molar-refractivity contribution in [3.8, 4) is 5.75 Å². The van der Waals surface area contributed by atoms with Gasteiger partial charge in [-0.15, -0.1) is 0 Å². The monoisotopic (exact) mass is 238 g/mol. The molecule has 0 saturated carbocycles. The Balaban J connectivity index is 2.59. The van der Waals surface area contributed by atoms with Crippen LogP contribution in [0.5, 0.6) is 5.75 Å². The van der Waals surface area contributed by atoms with E-state index in [4.69, 9.17) is 9.99 Å². The van der Waals surface area contributed by atoms with Crippen LogP contribution in [0.1, 0.15) is 32.8 Å². The predicted octanol–water partition coefficient (Wildman–Crippen LogP) is 3.53. The van der Waals surface area contributed by atoms with Crippen LogP contribution in [0.15, 0.2) is 24.3 Å². The van der Waals surface area contributed by atoms with Crippen LogP contribution < -0.4 is 4.74 Å². The number of rotatable bonds is 6. The lowest BCUT2D eigenvalue weighted by molar-refractivity contribution is -0.331. The molecule has 0 fully saturated rings. The fourth-order valence-electron chi connectivity index (χ4n) is 1.62. The molecule has 3 nitrogen and oxygen atoms in total. The van der Waals surface area contributed by atoms with Gasteiger partial charge >= 0.3 is 0 Å². The summed E-state index contributed by atoms with van der Waals surface area (Å²) in [7, 11) is 1.66. The molecular formula is C14H22O3. The molecule has 1 unspecified atom stereocenters. The summed E-state index contributed by atoms with van der Waals surface area (Å²) in [6.45, 7) is 6.02. The third-order valence-corrected chi connectivity index (χ3v) is 3.50. The van der Waals surface area contributed by atoms with Crippen molar-refractivity contribution in [3.63, 3.8) is 0 Å². The summed E-state index contributed by atoms with van der Waals surface area (Å²) in [5.41, 5.74) is 0.731. The van der Waals surface area contributed by atoms with Gasteiger partial charge in [-0.1, -0.05) is 26.0 Å². The molecule has 0 saturated heterocycles. The third-order valence-electron chi connectivity index (χ3n) is 3.50. The number of methoxy groups -OCH3 is 1. The second-order valence-electron chi connectivity index (χ2n) is 4.91. The first-order valence-electron chi connectivity index (χ1n) is 5.97. The molecule has 0 aliphatic carbocycles. The van der Waals surface area contributed by atoms with Crippen molar-refractivity contribution in [3.05, 3.63) is 29.8 Å². The highest BCUT2D eigenvalue weighted by molar-refractivity contribution is 5.27. The minimum Gasteiger partial charge on any atom is -0.497 e. The van der Waals surface area contributed by atoms with Crippen LogP contribution in [0, 0.1) is 5.92 Å². The van der Waals surface area contributed by atoms with Gasteiger partial charge in [0.25, 0.3) is 0 Å². The van der Waals surface area contributed by atoms with Crippen LogP contribution in [-0.2, 0) is 11.3 Å². The zero-order valence-corrected chi connectivity index (χ0v) is 11.1. The van der Waals surface area contributed by atoms with Crippen molar-refractivity contribution in [1.29, 1.82) is 0 Å². The highest BCUT2D eigenvalue weighted by Gasteiger charge is 2.29. The van der Waals surface area contributed by atoms with Crippen LogP contribution in [-0.4, -0.2) is 18.0 Å². The van der Waals surface area contributed by atoms with Gasteiger partial charge in [0, 0.05) is 0 Å². The molecule has 0 spiro atoms. The average Bonchev–Trinajstić information content (AvgIpc) is 2.36. The van der Waals surface area contributed by atoms with E-state index in [0.717, 1.165) is 18.6 Å². The fourth-order valence-corrected chi connectivity index (χ4v) is 1.62. The van der Waals surface area contributed by atoms with Crippen molar-refractivity contribution < 1.29 is 14.9 Å². The van der Waals surface area contributed by atoms with Crippen molar-refractivity contribution in [2.24, 2.45) is 5.92 Å². The number of hydrogen-bond donors (Lipinski definition) is 1. The Kier molecular flexibility index (Phi) is 4.97. The van der Waals surface area contributed by atoms with Gasteiger partial charge in [0.15, 0.2) is 0 Å². The van der Waals surface area contributed by atoms with Crippen molar-refractivity contribution in [1.82, 2.24) is 0 Å². The molecule has 17 heavy (non-hydrogen) atoms. The van der Waals surface area contributed by atoms with E-state index in [0.29, 0.717) is 0 Å². The van der Waals surface area contributed by atoms with Crippen molar-refractivity contribution in [2.45, 2.75) is 39.2 Å². The van der Waals surface area contributed by atoms with E-state index in [-0.39, 0.29) is 5.92 Å². The summed E-state index contributed by atoms with van der Waals surface area (Å²) >= 11 is 0. The smallest absolute Gasteiger partial charge is 0.118 e. The first-order valence-corrected chi connectivity index (χ1v) is 5.97. The third kappa shape index (κ3) is 3.72. The Hall–Kier alpha value is -1.06. The molecule has 1 aromatic carbocycles. The quantitative estimate of drug-likeness (QED) is 0.608. The van der Waals surface area contributed by atoms with Gasteiger partial charge in [0.2, 0.25) is 0 Å². The molecule has 3 heteroatoms. The normalized spacial score (nSPS) is 14.7. The summed E-state index contributed by atoms with van der Waals surface area (Å²) in [5, 5.41) is 9.00. The topological polar surface area (TPSA) is 38.7 Å². The summed E-state index contributed by atoms with van der Waals surface area (Å²) in [6, 6.07) is 7.97. The lowest BCUT2D eigenvalue weighted by Crippen LogP contribution is -2.34. The molecule has 0 heterocycles. The van der Waals surface area contributed by atoms with E-state index in [9.17, 15) is 0 Å². The fraction of sp³-hybridized carbons (Fsp3) is 0.571. The van der Waals surface area contributed by atoms with Gasteiger partial charge in [-0.05, 0) is 43.4 Å². The minimum absolute atomic E-state index is 0.269. The molecule has 0 aliphatic rings. The maximum Gasteiger partial charge on any atom is 0.118 e. The largest absolute Gasteiger partial charge is 0.497 e. The van der Waals surface area contributed by atoms with Gasteiger partial charge in [-0.3, -0.25) is 5.26 Å². The summed E-state index contributed by atoms with van der Waals surface area (Å²) < 4.78 is 5.11. The molecule has 0 radical (unpaired) electrons. The van der Waals surface area contributed by atoms with Gasteiger partial charge < -0.3 is 4.74 Å². The van der Waals surface area contributed by atoms with Crippen LogP contribution in [0.4, 0.5) is 0 Å². The van der Waals surface area contributed by atoms with Gasteiger partial charge in [-0.25, -0.2) is 4.89 Å². The van der Waals surface area contributed by atoms with E-state index in [1.165, 1.54) is 5.56 Å². The van der Waals surface area contributed by atoms with Crippen molar-refractivity contribution in [2.75, 3.05) is 7.11 Å². The zero-order valence-electron chi connectivity index (χ0n) is 11.1. The van der Waals surface area contributed by atoms with Gasteiger partial charge in [0.1, 0.15) is 11.4 Å². The predicted molar refractivity (Wildman–Crippen MR) is 68.3 cm³/mol. The van der Waals surface area contributed by atoms with E-state index < -0.39 is 5.60 Å². The molecule has 0 amide bonds. The Morgan fingerprint density at radius 2 is 1.82 bits per heavy atom. The standard InChI is InChI=1S/C14H22O3/c1-11(2)14(3,17-15)10-9-12-5-7-13(16-4)8-6-12/h5-8,11,15H,9-10H2,1-4H3. The first kappa shape index (κ1) is 14.0. The number of ether oxygens (including phenoxy) is 1. The lowest BCUT2D eigenvalue weighted by Gasteiger charge is -2.30. The number of hydrogen-bond acceptors (Lipinski definition) is 3. The molecule has 0 aromatic heterocycles. The average molecular weight is 238 g/mol. The minimum atomic E-state index is -0.486. The molecule has 1 aromatic rings. The Labute approximate surface area is 103 Å². The molecular weight excluding hydrogens is 216 g/mol. The maximum absolute atomic E-state index is 9.00. The van der Waals surface area contributed by atoms with Crippen LogP contribution in [0.2, 0.25) is 0 Å². The Bertz CT molecular complexity index is 332. The van der Waals surface area contributed by atoms with E-state index >= 15 is 0 Å². The van der Waals surface area contributed by atoms with Crippen molar-refractivity contribution >= 4 is 0 Å². The molecule has 1 rings (SSSR count). The summed E-state index contributed by atoms with van der Waals surface area (Å²) in [6.07, 6.45) is 1.66. The number of benzene rings is 1. The summed E-state index contributed by atoms with van der Waals surface area (Å²) in [5.74, 6) is 1.13. The second-order valence-corrected chi connectivity index (χ2v) is 4.91. The molecule has 1 atom stereocenters. The van der Waals surface area contributed by atoms with E-state index in [1.54, 1.807) is 7.11 Å². The second kappa shape index (κ2) is 6.03. The SMILES string of the molecule is COc1ccc(CCC(C)(OO)C(C)C)cc1. The van der Waals surface area contributed by atoms with Crippen LogP contribution in [0.25, 0.3) is 0 Å². The lowest BCUT2D eigenvalue weighted by atomic mass is 9.86. The zero-order chi connectivity index (χ0) is 12.9. The van der Waals surface area contributed by atoms with E-state index in [2.05, 4.69) is 4.89 Å². The van der Waals surface area contributed by atoms with Gasteiger partial charge in [0.05, 0.1) is 7.11 Å². The number of aryl methyl sites for hydroxylation is 1. The molecule has 0 aliphatic heterocycles. The van der Waals surface area contributed by atoms with Crippen LogP contribution >= 0.6 is 0 Å². The highest BCUT2D eigenvalue weighted by Crippen LogP contribution is 2.26.